The maximum atomic E-state index is 13.9. The van der Waals surface area contributed by atoms with E-state index in [4.69, 9.17) is 14.5 Å². The number of hydrogen-bond donors (Lipinski definition) is 2. The van der Waals surface area contributed by atoms with Gasteiger partial charge in [-0.3, -0.25) is 4.57 Å². The Kier molecular flexibility index (Phi) is 4.34. The first kappa shape index (κ1) is 18.5. The molecule has 0 saturated heterocycles. The van der Waals surface area contributed by atoms with Gasteiger partial charge < -0.3 is 14.5 Å². The molecule has 25 heavy (non-hydrogen) atoms. The lowest BCUT2D eigenvalue weighted by atomic mass is 10.1. The maximum Gasteiger partial charge on any atom is 0.399 e. The summed E-state index contributed by atoms with van der Waals surface area (Å²) >= 11 is 2.84. The Morgan fingerprint density at radius 3 is 2.60 bits per heavy atom. The minimum atomic E-state index is -5.76. The fourth-order valence-electron chi connectivity index (χ4n) is 2.12. The summed E-state index contributed by atoms with van der Waals surface area (Å²) in [5.74, 6) is -3.72. The second-order valence-corrected chi connectivity index (χ2v) is 8.11. The van der Waals surface area contributed by atoms with E-state index in [0.29, 0.717) is 5.39 Å². The van der Waals surface area contributed by atoms with Crippen LogP contribution in [0.15, 0.2) is 22.8 Å². The molecule has 1 aromatic heterocycles. The van der Waals surface area contributed by atoms with Crippen LogP contribution in [0.4, 0.5) is 17.6 Å². The maximum absolute atomic E-state index is 13.9. The van der Waals surface area contributed by atoms with Gasteiger partial charge in [-0.15, -0.1) is 0 Å². The smallest absolute Gasteiger partial charge is 0.399 e. The molecule has 2 N–H and O–H groups in total. The van der Waals surface area contributed by atoms with E-state index in [9.17, 15) is 22.1 Å². The molecule has 0 spiro atoms. The van der Waals surface area contributed by atoms with Crippen LogP contribution in [0.3, 0.4) is 0 Å². The quantitative estimate of drug-likeness (QED) is 0.540. The molecule has 1 aromatic carbocycles. The van der Waals surface area contributed by atoms with Crippen LogP contribution in [-0.4, -0.2) is 32.3 Å². The van der Waals surface area contributed by atoms with Crippen LogP contribution < -0.4 is 4.74 Å². The van der Waals surface area contributed by atoms with E-state index in [1.807, 2.05) is 0 Å². The zero-order valence-corrected chi connectivity index (χ0v) is 14.6. The van der Waals surface area contributed by atoms with Gasteiger partial charge in [-0.2, -0.15) is 13.8 Å². The van der Waals surface area contributed by atoms with E-state index in [0.717, 1.165) is 6.07 Å². The van der Waals surface area contributed by atoms with E-state index in [1.165, 1.54) is 12.3 Å². The van der Waals surface area contributed by atoms with Gasteiger partial charge in [0.1, 0.15) is 6.61 Å². The Bertz CT molecular complexity index is 892. The second kappa shape index (κ2) is 5.87. The number of aromatic nitrogens is 2. The van der Waals surface area contributed by atoms with E-state index in [1.54, 1.807) is 0 Å². The molecule has 12 heteroatoms. The first-order valence-electron chi connectivity index (χ1n) is 6.83. The molecule has 1 fully saturated rings. The highest BCUT2D eigenvalue weighted by Gasteiger charge is 2.57. The third-order valence-corrected chi connectivity index (χ3v) is 5.33. The molecule has 2 aromatic rings. The summed E-state index contributed by atoms with van der Waals surface area (Å²) in [5.41, 5.74) is -5.45. The van der Waals surface area contributed by atoms with Crippen LogP contribution in [-0.2, 0) is 10.2 Å². The van der Waals surface area contributed by atoms with Crippen molar-refractivity contribution in [2.24, 2.45) is 5.92 Å². The highest BCUT2D eigenvalue weighted by atomic mass is 79.9. The van der Waals surface area contributed by atoms with Crippen molar-refractivity contribution in [1.29, 1.82) is 0 Å². The molecule has 6 nitrogen and oxygen atoms in total. The second-order valence-electron chi connectivity index (χ2n) is 5.60. The summed E-state index contributed by atoms with van der Waals surface area (Å²) in [6, 6.07) is 1.68. The normalized spacial score (nSPS) is 19.9. The van der Waals surface area contributed by atoms with E-state index >= 15 is 0 Å². The molecule has 0 radical (unpaired) electrons. The van der Waals surface area contributed by atoms with Gasteiger partial charge in [-0.1, -0.05) is 15.9 Å². The van der Waals surface area contributed by atoms with Crippen molar-refractivity contribution in [3.8, 4) is 6.01 Å². The Hall–Kier alpha value is -1.29. The summed E-state index contributed by atoms with van der Waals surface area (Å²) in [5, 5.41) is 0.293. The Morgan fingerprint density at radius 1 is 1.40 bits per heavy atom. The lowest BCUT2D eigenvalue weighted by molar-refractivity contribution is 0.0558. The Morgan fingerprint density at radius 2 is 2.04 bits per heavy atom. The fraction of sp³-hybridized carbons (Fsp3) is 0.385. The number of ether oxygens (including phenoxy) is 1. The zero-order valence-electron chi connectivity index (χ0n) is 12.2. The summed E-state index contributed by atoms with van der Waals surface area (Å²) in [7, 11) is -5.76. The predicted molar refractivity (Wildman–Crippen MR) is 81.7 cm³/mol. The van der Waals surface area contributed by atoms with Crippen molar-refractivity contribution < 1.29 is 36.7 Å². The Labute approximate surface area is 146 Å². The minimum Gasteiger partial charge on any atom is -0.463 e. The van der Waals surface area contributed by atoms with Crippen LogP contribution in [0.25, 0.3) is 10.9 Å². The molecule has 1 unspecified atom stereocenters. The highest BCUT2D eigenvalue weighted by molar-refractivity contribution is 9.10. The van der Waals surface area contributed by atoms with Crippen LogP contribution in [0, 0.1) is 5.92 Å². The van der Waals surface area contributed by atoms with Crippen LogP contribution >= 0.6 is 23.5 Å². The molecule has 0 amide bonds. The SMILES string of the molecule is O=P(O)(O)C(F)(F)c1cc2nc(OCC3CC3(F)F)ncc2cc1Br. The molecule has 0 aliphatic heterocycles. The standard InChI is InChI=1S/C13H10BrF4N2O4P/c14-9-1-6-4-19-11(24-5-7-3-12(7,15)16)20-10(6)2-8(9)13(17,18)25(21,22)23/h1-2,4,7H,3,5H2,(H2,21,22,23). The summed E-state index contributed by atoms with van der Waals surface area (Å²) in [4.78, 5) is 25.4. The molecule has 136 valence electrons. The molecular weight excluding hydrogens is 435 g/mol. The molecule has 0 bridgehead atoms. The van der Waals surface area contributed by atoms with Gasteiger partial charge in [0.2, 0.25) is 0 Å². The highest BCUT2D eigenvalue weighted by Crippen LogP contribution is 2.60. The van der Waals surface area contributed by atoms with E-state index in [2.05, 4.69) is 25.9 Å². The molecule has 1 heterocycles. The van der Waals surface area contributed by atoms with Crippen LogP contribution in [0.2, 0.25) is 0 Å². The van der Waals surface area contributed by atoms with Crippen molar-refractivity contribution in [2.75, 3.05) is 6.61 Å². The largest absolute Gasteiger partial charge is 0.463 e. The minimum absolute atomic E-state index is 0.0705. The third-order valence-electron chi connectivity index (χ3n) is 3.71. The third kappa shape index (κ3) is 3.51. The number of rotatable bonds is 5. The number of fused-ring (bicyclic) bond motifs is 1. The number of hydrogen-bond acceptors (Lipinski definition) is 4. The first-order chi connectivity index (χ1) is 11.4. The van der Waals surface area contributed by atoms with E-state index < -0.39 is 30.7 Å². The van der Waals surface area contributed by atoms with Crippen LogP contribution in [0.5, 0.6) is 6.01 Å². The molecule has 1 aliphatic rings. The van der Waals surface area contributed by atoms with Gasteiger partial charge in [0, 0.05) is 28.0 Å². The lowest BCUT2D eigenvalue weighted by Crippen LogP contribution is -2.14. The van der Waals surface area contributed by atoms with Gasteiger partial charge in [0.05, 0.1) is 11.4 Å². The summed E-state index contributed by atoms with van der Waals surface area (Å²) in [6.07, 6.45) is 0.930. The first-order valence-corrected chi connectivity index (χ1v) is 9.23. The van der Waals surface area contributed by atoms with Gasteiger partial charge in [-0.25, -0.2) is 13.8 Å². The fourth-order valence-corrected chi connectivity index (χ4v) is 3.38. The molecule has 3 rings (SSSR count). The van der Waals surface area contributed by atoms with Gasteiger partial charge in [-0.05, 0) is 12.1 Å². The summed E-state index contributed by atoms with van der Waals surface area (Å²) < 4.78 is 69.4. The number of halogens is 5. The van der Waals surface area contributed by atoms with Crippen molar-refractivity contribution in [2.45, 2.75) is 18.0 Å². The molecule has 1 aliphatic carbocycles. The van der Waals surface area contributed by atoms with Crippen molar-refractivity contribution in [3.63, 3.8) is 0 Å². The van der Waals surface area contributed by atoms with Gasteiger partial charge >= 0.3 is 19.3 Å². The van der Waals surface area contributed by atoms with Crippen molar-refractivity contribution in [1.82, 2.24) is 9.97 Å². The Balaban J connectivity index is 1.93. The van der Waals surface area contributed by atoms with Gasteiger partial charge in [0.25, 0.3) is 5.92 Å². The molecule has 1 atom stereocenters. The number of benzene rings is 1. The number of nitrogens with zero attached hydrogens (tertiary/aromatic N) is 2. The molecule has 1 saturated carbocycles. The van der Waals surface area contributed by atoms with Crippen molar-refractivity contribution >= 4 is 34.4 Å². The number of alkyl halides is 4. The predicted octanol–water partition coefficient (Wildman–Crippen LogP) is 3.65. The van der Waals surface area contributed by atoms with Crippen LogP contribution in [0.1, 0.15) is 12.0 Å². The summed E-state index contributed by atoms with van der Waals surface area (Å²) in [6.45, 7) is -0.319. The van der Waals surface area contributed by atoms with Gasteiger partial charge in [0.15, 0.2) is 0 Å². The average Bonchev–Trinajstić information content (AvgIpc) is 3.10. The lowest BCUT2D eigenvalue weighted by Gasteiger charge is -2.19. The molecular formula is C13H10BrF4N2O4P. The monoisotopic (exact) mass is 444 g/mol. The zero-order chi connectivity index (χ0) is 18.6. The average molecular weight is 445 g/mol. The topological polar surface area (TPSA) is 92.5 Å². The van der Waals surface area contributed by atoms with E-state index in [-0.39, 0.29) is 29.0 Å². The van der Waals surface area contributed by atoms with Crippen molar-refractivity contribution in [3.05, 3.63) is 28.4 Å².